The van der Waals surface area contributed by atoms with Crippen LogP contribution in [-0.2, 0) is 13.1 Å². The third kappa shape index (κ3) is 3.42. The lowest BCUT2D eigenvalue weighted by atomic mass is 10.2. The van der Waals surface area contributed by atoms with E-state index in [1.54, 1.807) is 39.8 Å². The number of nitrogens with zero attached hydrogens (tertiary/aromatic N) is 5. The first-order valence-corrected chi connectivity index (χ1v) is 7.99. The summed E-state index contributed by atoms with van der Waals surface area (Å²) in [6.45, 7) is 2.86. The number of anilines is 1. The van der Waals surface area contributed by atoms with Crippen LogP contribution < -0.4 is 5.32 Å². The summed E-state index contributed by atoms with van der Waals surface area (Å²) in [5.41, 5.74) is 1.19. The molecule has 0 saturated carbocycles. The van der Waals surface area contributed by atoms with Crippen molar-refractivity contribution in [3.05, 3.63) is 58.1 Å². The van der Waals surface area contributed by atoms with Crippen LogP contribution in [0.5, 0.6) is 0 Å². The number of benzene rings is 1. The van der Waals surface area contributed by atoms with Gasteiger partial charge in [-0.05, 0) is 25.1 Å². The van der Waals surface area contributed by atoms with Crippen LogP contribution in [0, 0.1) is 0 Å². The third-order valence-corrected chi connectivity index (χ3v) is 4.10. The standard InChI is InChI=1S/C15H14Cl2N6O/c1-2-23-13(6-7-19-23)14(24)20-15-18-9-22(21-15)8-10-11(16)4-3-5-12(10)17/h3-7,9H,2,8H2,1H3,(H,20,21,24). The molecular formula is C15H14Cl2N6O. The molecule has 0 aliphatic carbocycles. The summed E-state index contributed by atoms with van der Waals surface area (Å²) in [5.74, 6) is -0.116. The topological polar surface area (TPSA) is 77.6 Å². The summed E-state index contributed by atoms with van der Waals surface area (Å²) in [6, 6.07) is 6.93. The monoisotopic (exact) mass is 364 g/mol. The van der Waals surface area contributed by atoms with E-state index in [9.17, 15) is 4.79 Å². The second kappa shape index (κ2) is 7.02. The van der Waals surface area contributed by atoms with Gasteiger partial charge < -0.3 is 0 Å². The van der Waals surface area contributed by atoms with Crippen molar-refractivity contribution in [3.8, 4) is 0 Å². The third-order valence-electron chi connectivity index (χ3n) is 3.39. The number of hydrogen-bond donors (Lipinski definition) is 1. The zero-order valence-corrected chi connectivity index (χ0v) is 14.3. The Labute approximate surface area is 148 Å². The maximum absolute atomic E-state index is 12.2. The molecule has 2 heterocycles. The molecular weight excluding hydrogens is 351 g/mol. The fourth-order valence-corrected chi connectivity index (χ4v) is 2.73. The molecule has 3 aromatic rings. The number of carbonyl (C=O) groups excluding carboxylic acids is 1. The average Bonchev–Trinajstić information content (AvgIpc) is 3.20. The van der Waals surface area contributed by atoms with Crippen molar-refractivity contribution < 1.29 is 4.79 Å². The summed E-state index contributed by atoms with van der Waals surface area (Å²) < 4.78 is 3.15. The van der Waals surface area contributed by atoms with E-state index in [1.807, 2.05) is 6.92 Å². The lowest BCUT2D eigenvalue weighted by molar-refractivity contribution is 0.101. The molecule has 0 bridgehead atoms. The lowest BCUT2D eigenvalue weighted by Gasteiger charge is -2.06. The van der Waals surface area contributed by atoms with Gasteiger partial charge in [0, 0.05) is 28.4 Å². The van der Waals surface area contributed by atoms with E-state index in [0.29, 0.717) is 28.8 Å². The first kappa shape index (κ1) is 16.5. The number of rotatable bonds is 5. The highest BCUT2D eigenvalue weighted by atomic mass is 35.5. The zero-order valence-electron chi connectivity index (χ0n) is 12.8. The van der Waals surface area contributed by atoms with Gasteiger partial charge in [-0.15, -0.1) is 5.10 Å². The molecule has 2 aromatic heterocycles. The Kier molecular flexibility index (Phi) is 4.82. The van der Waals surface area contributed by atoms with E-state index in [-0.39, 0.29) is 11.9 Å². The van der Waals surface area contributed by atoms with Gasteiger partial charge in [-0.2, -0.15) is 5.10 Å². The maximum Gasteiger partial charge on any atom is 0.276 e. The van der Waals surface area contributed by atoms with Crippen molar-refractivity contribution in [2.24, 2.45) is 0 Å². The van der Waals surface area contributed by atoms with E-state index in [4.69, 9.17) is 23.2 Å². The van der Waals surface area contributed by atoms with Gasteiger partial charge in [0.2, 0.25) is 5.95 Å². The molecule has 1 amide bonds. The number of nitrogens with one attached hydrogen (secondary N) is 1. The van der Waals surface area contributed by atoms with Gasteiger partial charge >= 0.3 is 0 Å². The molecule has 3 rings (SSSR count). The van der Waals surface area contributed by atoms with Gasteiger partial charge in [0.25, 0.3) is 5.91 Å². The molecule has 0 aliphatic heterocycles. The first-order valence-electron chi connectivity index (χ1n) is 7.24. The molecule has 0 atom stereocenters. The quantitative estimate of drug-likeness (QED) is 0.754. The van der Waals surface area contributed by atoms with Crippen LogP contribution in [0.2, 0.25) is 10.0 Å². The molecule has 9 heteroatoms. The summed E-state index contributed by atoms with van der Waals surface area (Å²) in [4.78, 5) is 16.3. The molecule has 124 valence electrons. The van der Waals surface area contributed by atoms with Gasteiger partial charge in [0.15, 0.2) is 0 Å². The van der Waals surface area contributed by atoms with Crippen molar-refractivity contribution in [1.29, 1.82) is 0 Å². The van der Waals surface area contributed by atoms with Gasteiger partial charge in [0.1, 0.15) is 12.0 Å². The van der Waals surface area contributed by atoms with Crippen molar-refractivity contribution in [2.45, 2.75) is 20.0 Å². The highest BCUT2D eigenvalue weighted by Crippen LogP contribution is 2.24. The Balaban J connectivity index is 1.73. The van der Waals surface area contributed by atoms with Gasteiger partial charge in [-0.3, -0.25) is 14.8 Å². The minimum absolute atomic E-state index is 0.201. The second-order valence-electron chi connectivity index (χ2n) is 4.95. The van der Waals surface area contributed by atoms with E-state index in [0.717, 1.165) is 5.56 Å². The van der Waals surface area contributed by atoms with Gasteiger partial charge in [0.05, 0.1) is 6.54 Å². The Bertz CT molecular complexity index is 852. The SMILES string of the molecule is CCn1nccc1C(=O)Nc1ncn(Cc2c(Cl)cccc2Cl)n1. The van der Waals surface area contributed by atoms with E-state index in [2.05, 4.69) is 20.5 Å². The van der Waals surface area contributed by atoms with Crippen LogP contribution in [0.4, 0.5) is 5.95 Å². The first-order chi connectivity index (χ1) is 11.6. The van der Waals surface area contributed by atoms with Crippen LogP contribution in [0.15, 0.2) is 36.8 Å². The van der Waals surface area contributed by atoms with E-state index < -0.39 is 0 Å². The summed E-state index contributed by atoms with van der Waals surface area (Å²) >= 11 is 12.3. The Morgan fingerprint density at radius 2 is 2.00 bits per heavy atom. The second-order valence-corrected chi connectivity index (χ2v) is 5.77. The summed E-state index contributed by atoms with van der Waals surface area (Å²) in [7, 11) is 0. The number of hydrogen-bond acceptors (Lipinski definition) is 4. The van der Waals surface area contributed by atoms with Crippen molar-refractivity contribution in [3.63, 3.8) is 0 Å². The molecule has 0 aliphatic rings. The Hall–Kier alpha value is -2.38. The molecule has 1 aromatic carbocycles. The number of halogens is 2. The molecule has 24 heavy (non-hydrogen) atoms. The average molecular weight is 365 g/mol. The minimum atomic E-state index is -0.317. The van der Waals surface area contributed by atoms with Crippen LogP contribution in [-0.4, -0.2) is 30.5 Å². The Morgan fingerprint density at radius 3 is 2.71 bits per heavy atom. The lowest BCUT2D eigenvalue weighted by Crippen LogP contribution is -2.18. The molecule has 1 N–H and O–H groups in total. The predicted molar refractivity (Wildman–Crippen MR) is 91.4 cm³/mol. The van der Waals surface area contributed by atoms with Crippen molar-refractivity contribution >= 4 is 35.1 Å². The molecule has 0 spiro atoms. The fraction of sp³-hybridized carbons (Fsp3) is 0.200. The van der Waals surface area contributed by atoms with Crippen molar-refractivity contribution in [2.75, 3.05) is 5.32 Å². The molecule has 0 saturated heterocycles. The normalized spacial score (nSPS) is 10.8. The maximum atomic E-state index is 12.2. The number of aryl methyl sites for hydroxylation is 1. The highest BCUT2D eigenvalue weighted by Gasteiger charge is 2.14. The largest absolute Gasteiger partial charge is 0.288 e. The van der Waals surface area contributed by atoms with Crippen LogP contribution in [0.3, 0.4) is 0 Å². The predicted octanol–water partition coefficient (Wildman–Crippen LogP) is 3.10. The zero-order chi connectivity index (χ0) is 17.1. The summed E-state index contributed by atoms with van der Waals surface area (Å²) in [5, 5.41) is 12.0. The van der Waals surface area contributed by atoms with E-state index >= 15 is 0 Å². The fourth-order valence-electron chi connectivity index (χ4n) is 2.22. The van der Waals surface area contributed by atoms with Crippen LogP contribution in [0.25, 0.3) is 0 Å². The molecule has 0 radical (unpaired) electrons. The Morgan fingerprint density at radius 1 is 1.25 bits per heavy atom. The van der Waals surface area contributed by atoms with Crippen molar-refractivity contribution in [1.82, 2.24) is 24.5 Å². The molecule has 7 nitrogen and oxygen atoms in total. The molecule has 0 unspecified atom stereocenters. The van der Waals surface area contributed by atoms with Gasteiger partial charge in [-0.25, -0.2) is 9.67 Å². The highest BCUT2D eigenvalue weighted by molar-refractivity contribution is 6.35. The van der Waals surface area contributed by atoms with Gasteiger partial charge in [-0.1, -0.05) is 29.3 Å². The smallest absolute Gasteiger partial charge is 0.276 e. The minimum Gasteiger partial charge on any atom is -0.288 e. The number of amides is 1. The number of carbonyl (C=O) groups is 1. The van der Waals surface area contributed by atoms with E-state index in [1.165, 1.54) is 6.33 Å². The number of aromatic nitrogens is 5. The van der Waals surface area contributed by atoms with Crippen LogP contribution in [0.1, 0.15) is 23.0 Å². The molecule has 0 fully saturated rings. The van der Waals surface area contributed by atoms with Crippen LogP contribution >= 0.6 is 23.2 Å². The summed E-state index contributed by atoms with van der Waals surface area (Å²) in [6.07, 6.45) is 3.08.